The van der Waals surface area contributed by atoms with Crippen molar-refractivity contribution in [2.75, 3.05) is 34.9 Å². The first-order chi connectivity index (χ1) is 5.63. The Morgan fingerprint density at radius 1 is 1.42 bits per heavy atom. The first-order valence-corrected chi connectivity index (χ1v) is 3.86. The molecule has 1 amide bonds. The van der Waals surface area contributed by atoms with E-state index in [4.69, 9.17) is 9.47 Å². The van der Waals surface area contributed by atoms with Gasteiger partial charge in [-0.15, -0.1) is 0 Å². The third-order valence-corrected chi connectivity index (χ3v) is 1.58. The summed E-state index contributed by atoms with van der Waals surface area (Å²) in [6, 6.07) is 0. The summed E-state index contributed by atoms with van der Waals surface area (Å²) in [4.78, 5) is 12.8. The molecule has 0 aliphatic heterocycles. The van der Waals surface area contributed by atoms with Gasteiger partial charge >= 0.3 is 0 Å². The second-order valence-electron chi connectivity index (χ2n) is 2.74. The van der Waals surface area contributed by atoms with E-state index in [-0.39, 0.29) is 12.0 Å². The highest BCUT2D eigenvalue weighted by molar-refractivity contribution is 5.80. The number of hydrogen-bond donors (Lipinski definition) is 0. The molecule has 0 saturated heterocycles. The molecule has 0 saturated carbocycles. The summed E-state index contributed by atoms with van der Waals surface area (Å²) in [5.41, 5.74) is 0. The van der Waals surface area contributed by atoms with Crippen molar-refractivity contribution in [3.8, 4) is 0 Å². The van der Waals surface area contributed by atoms with Crippen LogP contribution in [0.2, 0.25) is 0 Å². The van der Waals surface area contributed by atoms with Crippen molar-refractivity contribution in [1.82, 2.24) is 4.90 Å². The van der Waals surface area contributed by atoms with Gasteiger partial charge in [-0.25, -0.2) is 0 Å². The predicted octanol–water partition coefficient (Wildman–Crippen LogP) is 0.126. The number of likely N-dealkylation sites (N-methyl/N-ethyl adjacent to an activating group) is 1. The Morgan fingerprint density at radius 2 is 2.00 bits per heavy atom. The van der Waals surface area contributed by atoms with Crippen LogP contribution < -0.4 is 0 Å². The molecule has 4 heteroatoms. The second kappa shape index (κ2) is 5.97. The summed E-state index contributed by atoms with van der Waals surface area (Å²) >= 11 is 0. The number of nitrogens with zero attached hydrogens (tertiary/aromatic N) is 1. The minimum Gasteiger partial charge on any atom is -0.385 e. The van der Waals surface area contributed by atoms with E-state index < -0.39 is 0 Å². The molecule has 0 aliphatic carbocycles. The lowest BCUT2D eigenvalue weighted by Crippen LogP contribution is -2.35. The van der Waals surface area contributed by atoms with Crippen LogP contribution in [0.3, 0.4) is 0 Å². The molecule has 0 fully saturated rings. The fourth-order valence-corrected chi connectivity index (χ4v) is 0.855. The number of carbonyl (C=O) groups is 1. The lowest BCUT2D eigenvalue weighted by atomic mass is 10.2. The average Bonchev–Trinajstić information content (AvgIpc) is 2.05. The van der Waals surface area contributed by atoms with Gasteiger partial charge in [0, 0.05) is 41.3 Å². The lowest BCUT2D eigenvalue weighted by molar-refractivity contribution is -0.140. The Bertz CT molecular complexity index is 136. The van der Waals surface area contributed by atoms with E-state index in [1.165, 1.54) is 12.0 Å². The first-order valence-electron chi connectivity index (χ1n) is 3.86. The molecule has 0 N–H and O–H groups in total. The Morgan fingerprint density at radius 3 is 2.33 bits per heavy atom. The van der Waals surface area contributed by atoms with Crippen LogP contribution in [0, 0.1) is 0 Å². The summed E-state index contributed by atoms with van der Waals surface area (Å²) in [7, 11) is 6.55. The number of amides is 1. The topological polar surface area (TPSA) is 38.8 Å². The number of carbonyl (C=O) groups excluding carboxylic acids is 1. The molecule has 0 aromatic rings. The van der Waals surface area contributed by atoms with Crippen LogP contribution in [-0.2, 0) is 14.3 Å². The van der Waals surface area contributed by atoms with E-state index in [1.54, 1.807) is 21.2 Å². The van der Waals surface area contributed by atoms with E-state index in [1.807, 2.05) is 0 Å². The third kappa shape index (κ3) is 3.69. The van der Waals surface area contributed by atoms with Crippen LogP contribution >= 0.6 is 0 Å². The quantitative estimate of drug-likeness (QED) is 0.596. The maximum atomic E-state index is 11.3. The molecular weight excluding hydrogens is 158 g/mol. The highest BCUT2D eigenvalue weighted by Crippen LogP contribution is 2.00. The van der Waals surface area contributed by atoms with Gasteiger partial charge in [-0.3, -0.25) is 4.79 Å². The molecular formula is C8H17NO3. The third-order valence-electron chi connectivity index (χ3n) is 1.58. The summed E-state index contributed by atoms with van der Waals surface area (Å²) < 4.78 is 9.86. The lowest BCUT2D eigenvalue weighted by Gasteiger charge is -2.18. The number of methoxy groups -OCH3 is 2. The molecule has 0 radical (unpaired) electrons. The van der Waals surface area contributed by atoms with Crippen LogP contribution in [-0.4, -0.2) is 51.8 Å². The van der Waals surface area contributed by atoms with E-state index in [0.717, 1.165) is 0 Å². The molecule has 0 aliphatic rings. The van der Waals surface area contributed by atoms with Crippen LogP contribution in [0.15, 0.2) is 0 Å². The van der Waals surface area contributed by atoms with Crippen molar-refractivity contribution in [2.24, 2.45) is 0 Å². The maximum Gasteiger partial charge on any atom is 0.251 e. The van der Waals surface area contributed by atoms with E-state index in [0.29, 0.717) is 13.0 Å². The monoisotopic (exact) mass is 175 g/mol. The van der Waals surface area contributed by atoms with Crippen LogP contribution in [0.4, 0.5) is 0 Å². The number of rotatable bonds is 5. The van der Waals surface area contributed by atoms with Gasteiger partial charge in [-0.05, 0) is 0 Å². The van der Waals surface area contributed by atoms with Crippen molar-refractivity contribution in [3.05, 3.63) is 0 Å². The normalized spacial score (nSPS) is 12.7. The van der Waals surface area contributed by atoms with E-state index in [9.17, 15) is 4.79 Å². The van der Waals surface area contributed by atoms with Crippen LogP contribution in [0.1, 0.15) is 6.42 Å². The minimum absolute atomic E-state index is 0.0189. The Labute approximate surface area is 73.4 Å². The average molecular weight is 175 g/mol. The first kappa shape index (κ1) is 11.4. The fourth-order valence-electron chi connectivity index (χ4n) is 0.855. The number of ether oxygens (including phenoxy) is 2. The molecule has 0 spiro atoms. The Hall–Kier alpha value is -0.610. The zero-order chi connectivity index (χ0) is 9.56. The van der Waals surface area contributed by atoms with Gasteiger partial charge in [0.2, 0.25) is 0 Å². The summed E-state index contributed by atoms with van der Waals surface area (Å²) in [6.45, 7) is 0.540. The van der Waals surface area contributed by atoms with Crippen molar-refractivity contribution in [2.45, 2.75) is 12.5 Å². The maximum absolute atomic E-state index is 11.3. The highest BCUT2D eigenvalue weighted by Gasteiger charge is 2.18. The van der Waals surface area contributed by atoms with Crippen molar-refractivity contribution >= 4 is 5.91 Å². The smallest absolute Gasteiger partial charge is 0.251 e. The van der Waals surface area contributed by atoms with Crippen LogP contribution in [0.25, 0.3) is 0 Å². The molecule has 0 aromatic heterocycles. The molecule has 1 unspecified atom stereocenters. The van der Waals surface area contributed by atoms with Gasteiger partial charge < -0.3 is 14.4 Å². The van der Waals surface area contributed by atoms with Gasteiger partial charge in [0.05, 0.1) is 0 Å². The van der Waals surface area contributed by atoms with Crippen molar-refractivity contribution < 1.29 is 14.3 Å². The summed E-state index contributed by atoms with van der Waals surface area (Å²) in [6.07, 6.45) is 0.226. The molecule has 0 bridgehead atoms. The Kier molecular flexibility index (Phi) is 5.66. The summed E-state index contributed by atoms with van der Waals surface area (Å²) in [5.74, 6) is -0.0189. The molecule has 0 aromatic carbocycles. The Balaban J connectivity index is 3.88. The number of hydrogen-bond acceptors (Lipinski definition) is 3. The second-order valence-corrected chi connectivity index (χ2v) is 2.74. The SMILES string of the molecule is COCCC(OC)C(=O)N(C)C. The summed E-state index contributed by atoms with van der Waals surface area (Å²) in [5, 5.41) is 0. The molecule has 72 valence electrons. The molecule has 0 rings (SSSR count). The molecule has 4 nitrogen and oxygen atoms in total. The van der Waals surface area contributed by atoms with E-state index >= 15 is 0 Å². The van der Waals surface area contributed by atoms with Gasteiger partial charge in [0.25, 0.3) is 5.91 Å². The van der Waals surface area contributed by atoms with E-state index in [2.05, 4.69) is 0 Å². The van der Waals surface area contributed by atoms with Gasteiger partial charge in [-0.1, -0.05) is 0 Å². The predicted molar refractivity (Wildman–Crippen MR) is 46.0 cm³/mol. The van der Waals surface area contributed by atoms with Gasteiger partial charge in [0.1, 0.15) is 6.10 Å². The minimum atomic E-state index is -0.375. The largest absolute Gasteiger partial charge is 0.385 e. The van der Waals surface area contributed by atoms with Gasteiger partial charge in [-0.2, -0.15) is 0 Å². The van der Waals surface area contributed by atoms with Crippen molar-refractivity contribution in [1.29, 1.82) is 0 Å². The standard InChI is InChI=1S/C8H17NO3/c1-9(2)8(10)7(12-4)5-6-11-3/h7H,5-6H2,1-4H3. The molecule has 0 heterocycles. The highest BCUT2D eigenvalue weighted by atomic mass is 16.5. The van der Waals surface area contributed by atoms with Gasteiger partial charge in [0.15, 0.2) is 0 Å². The fraction of sp³-hybridized carbons (Fsp3) is 0.875. The molecule has 1 atom stereocenters. The molecule has 12 heavy (non-hydrogen) atoms. The zero-order valence-corrected chi connectivity index (χ0v) is 8.16. The zero-order valence-electron chi connectivity index (χ0n) is 8.16. The van der Waals surface area contributed by atoms with Crippen LogP contribution in [0.5, 0.6) is 0 Å². The van der Waals surface area contributed by atoms with Crippen molar-refractivity contribution in [3.63, 3.8) is 0 Å².